The quantitative estimate of drug-likeness (QED) is 0.0597. The second-order valence-electron chi connectivity index (χ2n) is 18.0. The van der Waals surface area contributed by atoms with Gasteiger partial charge < -0.3 is 23.7 Å². The molecule has 0 N–H and O–H groups in total. The summed E-state index contributed by atoms with van der Waals surface area (Å²) in [5.41, 5.74) is 5.92. The Hall–Kier alpha value is -7.78. The van der Waals surface area contributed by atoms with Crippen molar-refractivity contribution in [2.75, 3.05) is 7.11 Å². The zero-order valence-electron chi connectivity index (χ0n) is 38.9. The molecule has 2 fully saturated rings. The van der Waals surface area contributed by atoms with Crippen molar-refractivity contribution in [3.05, 3.63) is 214 Å². The maximum absolute atomic E-state index is 13.3. The molecule has 0 aliphatic heterocycles. The fourth-order valence-corrected chi connectivity index (χ4v) is 10.1. The van der Waals surface area contributed by atoms with Crippen LogP contribution >= 0.6 is 0 Å². The molecule has 9 nitrogen and oxygen atoms in total. The van der Waals surface area contributed by atoms with E-state index in [-0.39, 0.29) is 16.6 Å². The summed E-state index contributed by atoms with van der Waals surface area (Å²) in [6, 6.07) is 51.6. The molecule has 0 bridgehead atoms. The van der Waals surface area contributed by atoms with E-state index in [2.05, 4.69) is 24.3 Å². The van der Waals surface area contributed by atoms with Crippen LogP contribution in [0.15, 0.2) is 170 Å². The van der Waals surface area contributed by atoms with E-state index in [1.165, 1.54) is 24.5 Å². The molecule has 0 unspecified atom stereocenters. The number of benzene rings is 7. The van der Waals surface area contributed by atoms with Gasteiger partial charge in [-0.3, -0.25) is 4.79 Å². The summed E-state index contributed by atoms with van der Waals surface area (Å²) in [7, 11) is 1.68. The van der Waals surface area contributed by atoms with Crippen molar-refractivity contribution < 1.29 is 42.9 Å². The summed E-state index contributed by atoms with van der Waals surface area (Å²) in [5, 5.41) is 0. The third-order valence-corrected chi connectivity index (χ3v) is 13.8. The first-order valence-corrected chi connectivity index (χ1v) is 23.7. The maximum atomic E-state index is 13.3. The predicted octanol–water partition coefficient (Wildman–Crippen LogP) is 13.8. The Kier molecular flexibility index (Phi) is 13.8. The standard InChI is InChI=1S/C60H54O9/c1-41(61)44-10-9-11-45(40-44)58(64)69-55-34-22-49(23-35-55)60(38-7-4-8-39-60)48-20-32-54(33-21-48)68-57(63)43-14-26-52(27-15-43)66-51-24-12-42(13-25-51)56(62)67-53-30-18-47(19-31-53)59(36-5-3-6-37-59)46-16-28-50(65-2)29-17-46/h9-35,40H,3-8,36-39H2,1-2H3. The van der Waals surface area contributed by atoms with Crippen LogP contribution in [0.25, 0.3) is 0 Å². The Morgan fingerprint density at radius 3 is 1.03 bits per heavy atom. The van der Waals surface area contributed by atoms with Gasteiger partial charge in [0.25, 0.3) is 0 Å². The molecule has 2 saturated carbocycles. The van der Waals surface area contributed by atoms with Gasteiger partial charge in [0.05, 0.1) is 23.8 Å². The Balaban J connectivity index is 0.785. The number of methoxy groups -OCH3 is 1. The van der Waals surface area contributed by atoms with Crippen molar-refractivity contribution in [2.45, 2.75) is 82.0 Å². The van der Waals surface area contributed by atoms with Crippen LogP contribution in [-0.4, -0.2) is 30.8 Å². The maximum Gasteiger partial charge on any atom is 0.343 e. The van der Waals surface area contributed by atoms with Crippen LogP contribution in [0.5, 0.6) is 34.5 Å². The van der Waals surface area contributed by atoms with Gasteiger partial charge >= 0.3 is 17.9 Å². The molecule has 0 saturated heterocycles. The highest BCUT2D eigenvalue weighted by atomic mass is 16.5. The van der Waals surface area contributed by atoms with E-state index >= 15 is 0 Å². The number of carbonyl (C=O) groups excluding carboxylic acids is 4. The van der Waals surface area contributed by atoms with Crippen LogP contribution in [0.2, 0.25) is 0 Å². The first-order chi connectivity index (χ1) is 33.6. The second kappa shape index (κ2) is 20.6. The number of ketones is 1. The number of carbonyl (C=O) groups is 4. The van der Waals surface area contributed by atoms with Crippen molar-refractivity contribution in [2.24, 2.45) is 0 Å². The van der Waals surface area contributed by atoms with Crippen LogP contribution in [0.4, 0.5) is 0 Å². The number of ether oxygens (including phenoxy) is 5. The van der Waals surface area contributed by atoms with E-state index < -0.39 is 17.9 Å². The normalized spacial score (nSPS) is 15.0. The fraction of sp³-hybridized carbons (Fsp3) is 0.233. The molecule has 7 aromatic carbocycles. The Morgan fingerprint density at radius 2 is 0.681 bits per heavy atom. The summed E-state index contributed by atoms with van der Waals surface area (Å²) in [5.74, 6) is 1.59. The topological polar surface area (TPSA) is 114 Å². The van der Waals surface area contributed by atoms with E-state index in [0.29, 0.717) is 51.0 Å². The van der Waals surface area contributed by atoms with Crippen molar-refractivity contribution >= 4 is 23.7 Å². The largest absolute Gasteiger partial charge is 0.497 e. The summed E-state index contributed by atoms with van der Waals surface area (Å²) >= 11 is 0. The lowest BCUT2D eigenvalue weighted by Crippen LogP contribution is -2.30. The molecular formula is C60H54O9. The first kappa shape index (κ1) is 46.3. The zero-order valence-corrected chi connectivity index (χ0v) is 38.9. The van der Waals surface area contributed by atoms with Gasteiger partial charge in [-0.1, -0.05) is 99.2 Å². The molecule has 9 rings (SSSR count). The molecule has 0 aromatic heterocycles. The van der Waals surface area contributed by atoms with Crippen LogP contribution in [0.1, 0.15) is 135 Å². The molecule has 0 atom stereocenters. The highest BCUT2D eigenvalue weighted by Crippen LogP contribution is 2.47. The molecule has 2 aliphatic carbocycles. The van der Waals surface area contributed by atoms with E-state index in [1.54, 1.807) is 79.9 Å². The minimum absolute atomic E-state index is 0.0877. The van der Waals surface area contributed by atoms with Crippen LogP contribution in [-0.2, 0) is 10.8 Å². The van der Waals surface area contributed by atoms with E-state index in [4.69, 9.17) is 23.7 Å². The lowest BCUT2D eigenvalue weighted by Gasteiger charge is -2.38. The third-order valence-electron chi connectivity index (χ3n) is 13.8. The van der Waals surface area contributed by atoms with Gasteiger partial charge in [-0.2, -0.15) is 0 Å². The van der Waals surface area contributed by atoms with Gasteiger partial charge in [0.15, 0.2) is 5.78 Å². The summed E-state index contributed by atoms with van der Waals surface area (Å²) in [6.45, 7) is 1.46. The second-order valence-corrected chi connectivity index (χ2v) is 18.0. The highest BCUT2D eigenvalue weighted by Gasteiger charge is 2.37. The molecular weight excluding hydrogens is 865 g/mol. The molecule has 9 heteroatoms. The first-order valence-electron chi connectivity index (χ1n) is 23.7. The molecule has 348 valence electrons. The lowest BCUT2D eigenvalue weighted by molar-refractivity contribution is 0.0725. The smallest absolute Gasteiger partial charge is 0.343 e. The highest BCUT2D eigenvalue weighted by molar-refractivity contribution is 5.98. The van der Waals surface area contributed by atoms with Crippen molar-refractivity contribution in [1.29, 1.82) is 0 Å². The minimum Gasteiger partial charge on any atom is -0.497 e. The predicted molar refractivity (Wildman–Crippen MR) is 264 cm³/mol. The molecule has 69 heavy (non-hydrogen) atoms. The molecule has 0 heterocycles. The number of esters is 3. The Labute approximate surface area is 403 Å². The van der Waals surface area contributed by atoms with Crippen molar-refractivity contribution in [3.8, 4) is 34.5 Å². The molecule has 0 spiro atoms. The SMILES string of the molecule is COc1ccc(C2(c3ccc(OC(=O)c4ccc(Oc5ccc(C(=O)Oc6ccc(C7(c8ccc(OC(=O)c9cccc(C(C)=O)c9)cc8)CCCCC7)cc6)cc5)cc4)cc3)CCCCC2)cc1. The number of hydrogen-bond donors (Lipinski definition) is 0. The number of Topliss-reactive ketones (excluding diaryl/α,β-unsaturated/α-hetero) is 1. The molecule has 0 radical (unpaired) electrons. The Morgan fingerprint density at radius 1 is 0.362 bits per heavy atom. The monoisotopic (exact) mass is 918 g/mol. The minimum atomic E-state index is -0.525. The summed E-state index contributed by atoms with van der Waals surface area (Å²) in [6.07, 6.45) is 10.9. The van der Waals surface area contributed by atoms with Gasteiger partial charge in [0, 0.05) is 16.4 Å². The summed E-state index contributed by atoms with van der Waals surface area (Å²) in [4.78, 5) is 51.1. The van der Waals surface area contributed by atoms with Gasteiger partial charge in [0.1, 0.15) is 34.5 Å². The fourth-order valence-electron chi connectivity index (χ4n) is 10.1. The number of rotatable bonds is 14. The van der Waals surface area contributed by atoms with Crippen LogP contribution < -0.4 is 23.7 Å². The number of hydrogen-bond acceptors (Lipinski definition) is 9. The average Bonchev–Trinajstić information content (AvgIpc) is 3.40. The van der Waals surface area contributed by atoms with Gasteiger partial charge in [-0.25, -0.2) is 14.4 Å². The van der Waals surface area contributed by atoms with Crippen LogP contribution in [0, 0.1) is 0 Å². The lowest BCUT2D eigenvalue weighted by atomic mass is 9.65. The van der Waals surface area contributed by atoms with Gasteiger partial charge in [0.2, 0.25) is 0 Å². The van der Waals surface area contributed by atoms with E-state index in [9.17, 15) is 19.2 Å². The molecule has 7 aromatic rings. The molecule has 0 amide bonds. The average molecular weight is 919 g/mol. The third kappa shape index (κ3) is 10.4. The zero-order chi connectivity index (χ0) is 47.8. The van der Waals surface area contributed by atoms with E-state index in [0.717, 1.165) is 74.7 Å². The van der Waals surface area contributed by atoms with E-state index in [1.807, 2.05) is 72.8 Å². The van der Waals surface area contributed by atoms with Crippen LogP contribution in [0.3, 0.4) is 0 Å². The van der Waals surface area contributed by atoms with Crippen molar-refractivity contribution in [1.82, 2.24) is 0 Å². The van der Waals surface area contributed by atoms with Gasteiger partial charge in [-0.05, 0) is 164 Å². The Bertz CT molecular complexity index is 2910. The van der Waals surface area contributed by atoms with Gasteiger partial charge in [-0.15, -0.1) is 0 Å². The molecule has 2 aliphatic rings. The summed E-state index contributed by atoms with van der Waals surface area (Å²) < 4.78 is 28.7. The van der Waals surface area contributed by atoms with Crippen molar-refractivity contribution in [3.63, 3.8) is 0 Å².